The summed E-state index contributed by atoms with van der Waals surface area (Å²) in [7, 11) is 2.19. The number of carboxylic acids is 1. The van der Waals surface area contributed by atoms with Crippen LogP contribution in [0.5, 0.6) is 0 Å². The van der Waals surface area contributed by atoms with Gasteiger partial charge in [0.25, 0.3) is 0 Å². The van der Waals surface area contributed by atoms with Crippen LogP contribution in [0.15, 0.2) is 0 Å². The molecule has 0 aliphatic carbocycles. The van der Waals surface area contributed by atoms with Crippen molar-refractivity contribution in [3.05, 3.63) is 0 Å². The van der Waals surface area contributed by atoms with Crippen LogP contribution in [0.1, 0.15) is 6.92 Å². The molecule has 7 heteroatoms. The normalized spacial score (nSPS) is 14.1. The molecule has 0 radical (unpaired) electrons. The molecule has 0 rings (SSSR count). The van der Waals surface area contributed by atoms with E-state index in [-0.39, 0.29) is 0 Å². The molecule has 0 unspecified atom stereocenters. The van der Waals surface area contributed by atoms with E-state index in [9.17, 15) is 14.4 Å². The Balaban J connectivity index is 4.96. The summed E-state index contributed by atoms with van der Waals surface area (Å²) in [6.45, 7) is 1.37. The van der Waals surface area contributed by atoms with E-state index >= 15 is 0 Å². The van der Waals surface area contributed by atoms with E-state index in [1.807, 2.05) is 0 Å². The average molecular weight is 233 g/mol. The van der Waals surface area contributed by atoms with Crippen LogP contribution in [-0.4, -0.2) is 43.3 Å². The molecular weight excluding hydrogens is 218 g/mol. The summed E-state index contributed by atoms with van der Waals surface area (Å²) < 4.78 is 8.80. The van der Waals surface area contributed by atoms with Crippen molar-refractivity contribution in [3.8, 4) is 0 Å². The molecule has 0 aromatic rings. The van der Waals surface area contributed by atoms with E-state index in [0.717, 1.165) is 14.2 Å². The molecule has 0 saturated carbocycles. The zero-order valence-electron chi connectivity index (χ0n) is 9.30. The van der Waals surface area contributed by atoms with Crippen LogP contribution in [-0.2, 0) is 23.9 Å². The lowest BCUT2D eigenvalue weighted by Crippen LogP contribution is -2.45. The summed E-state index contributed by atoms with van der Waals surface area (Å²) in [5.74, 6) is -5.28. The van der Waals surface area contributed by atoms with Crippen molar-refractivity contribution in [2.24, 2.45) is 17.6 Å². The first-order valence-corrected chi connectivity index (χ1v) is 4.50. The first-order chi connectivity index (χ1) is 7.36. The molecule has 0 aliphatic heterocycles. The van der Waals surface area contributed by atoms with Gasteiger partial charge in [0, 0.05) is 5.92 Å². The number of rotatable bonds is 5. The zero-order chi connectivity index (χ0) is 12.9. The van der Waals surface area contributed by atoms with Crippen LogP contribution in [0.2, 0.25) is 0 Å². The van der Waals surface area contributed by atoms with Gasteiger partial charge in [0.2, 0.25) is 0 Å². The standard InChI is InChI=1S/C9H15NO6/c1-4(6(10)7(11)12)5(8(13)15-2)9(14)16-3/h4-6H,10H2,1-3H3,(H,11,12)/t4-,6+/m0/s1. The summed E-state index contributed by atoms with van der Waals surface area (Å²) in [6.07, 6.45) is 0. The molecule has 7 nitrogen and oxygen atoms in total. The Morgan fingerprint density at radius 2 is 1.50 bits per heavy atom. The fourth-order valence-corrected chi connectivity index (χ4v) is 1.21. The Morgan fingerprint density at radius 1 is 1.12 bits per heavy atom. The monoisotopic (exact) mass is 233 g/mol. The number of nitrogens with two attached hydrogens (primary N) is 1. The summed E-state index contributed by atoms with van der Waals surface area (Å²) in [5, 5.41) is 8.68. The van der Waals surface area contributed by atoms with Crippen molar-refractivity contribution in [1.82, 2.24) is 0 Å². The van der Waals surface area contributed by atoms with Gasteiger partial charge in [-0.2, -0.15) is 0 Å². The van der Waals surface area contributed by atoms with Crippen LogP contribution in [0, 0.1) is 11.8 Å². The SMILES string of the molecule is COC(=O)C(C(=O)OC)[C@H](C)[C@@H](N)C(=O)O. The van der Waals surface area contributed by atoms with Crippen LogP contribution in [0.25, 0.3) is 0 Å². The summed E-state index contributed by atoms with van der Waals surface area (Å²) in [5.41, 5.74) is 5.33. The molecule has 3 N–H and O–H groups in total. The first kappa shape index (κ1) is 14.4. The van der Waals surface area contributed by atoms with Crippen molar-refractivity contribution in [2.45, 2.75) is 13.0 Å². The predicted octanol–water partition coefficient (Wildman–Crippen LogP) is -1.00. The summed E-state index contributed by atoms with van der Waals surface area (Å²) in [6, 6.07) is -1.34. The number of carbonyl (C=O) groups excluding carboxylic acids is 2. The molecular formula is C9H15NO6. The number of ether oxygens (including phenoxy) is 2. The lowest BCUT2D eigenvalue weighted by molar-refractivity contribution is -0.162. The smallest absolute Gasteiger partial charge is 0.320 e. The number of hydrogen-bond donors (Lipinski definition) is 2. The highest BCUT2D eigenvalue weighted by Crippen LogP contribution is 2.18. The predicted molar refractivity (Wildman–Crippen MR) is 52.3 cm³/mol. The topological polar surface area (TPSA) is 116 Å². The maximum absolute atomic E-state index is 11.3. The van der Waals surface area contributed by atoms with Crippen LogP contribution < -0.4 is 5.73 Å². The molecule has 0 amide bonds. The van der Waals surface area contributed by atoms with Gasteiger partial charge < -0.3 is 20.3 Å². The Kier molecular flexibility index (Phi) is 5.44. The fourth-order valence-electron chi connectivity index (χ4n) is 1.21. The first-order valence-electron chi connectivity index (χ1n) is 4.50. The molecule has 2 atom stereocenters. The zero-order valence-corrected chi connectivity index (χ0v) is 9.30. The van der Waals surface area contributed by atoms with Crippen molar-refractivity contribution in [1.29, 1.82) is 0 Å². The summed E-state index contributed by atoms with van der Waals surface area (Å²) >= 11 is 0. The number of aliphatic carboxylic acids is 1. The van der Waals surface area contributed by atoms with E-state index in [4.69, 9.17) is 10.8 Å². The number of esters is 2. The van der Waals surface area contributed by atoms with Gasteiger partial charge in [-0.3, -0.25) is 14.4 Å². The average Bonchev–Trinajstić information content (AvgIpc) is 2.27. The second-order valence-electron chi connectivity index (χ2n) is 3.25. The van der Waals surface area contributed by atoms with Gasteiger partial charge in [0.1, 0.15) is 6.04 Å². The Labute approximate surface area is 92.5 Å². The van der Waals surface area contributed by atoms with Gasteiger partial charge in [0.05, 0.1) is 14.2 Å². The molecule has 0 aromatic heterocycles. The molecule has 0 saturated heterocycles. The molecule has 16 heavy (non-hydrogen) atoms. The van der Waals surface area contributed by atoms with Crippen LogP contribution in [0.3, 0.4) is 0 Å². The second-order valence-corrected chi connectivity index (χ2v) is 3.25. The highest BCUT2D eigenvalue weighted by molar-refractivity contribution is 5.96. The van der Waals surface area contributed by atoms with Gasteiger partial charge >= 0.3 is 17.9 Å². The second kappa shape index (κ2) is 6.06. The van der Waals surface area contributed by atoms with E-state index < -0.39 is 35.8 Å². The Bertz CT molecular complexity index is 274. The number of methoxy groups -OCH3 is 2. The van der Waals surface area contributed by atoms with Gasteiger partial charge in [-0.15, -0.1) is 0 Å². The molecule has 0 aliphatic rings. The molecule has 0 bridgehead atoms. The maximum atomic E-state index is 11.3. The fraction of sp³-hybridized carbons (Fsp3) is 0.667. The number of hydrogen-bond acceptors (Lipinski definition) is 6. The minimum atomic E-state index is -1.34. The van der Waals surface area contributed by atoms with Crippen molar-refractivity contribution >= 4 is 17.9 Å². The Hall–Kier alpha value is -1.63. The number of carboxylic acid groups (broad SMARTS) is 1. The molecule has 0 spiro atoms. The molecule has 92 valence electrons. The minimum Gasteiger partial charge on any atom is -0.480 e. The molecule has 0 heterocycles. The van der Waals surface area contributed by atoms with Crippen molar-refractivity contribution < 1.29 is 29.0 Å². The largest absolute Gasteiger partial charge is 0.480 e. The van der Waals surface area contributed by atoms with Crippen LogP contribution in [0.4, 0.5) is 0 Å². The lowest BCUT2D eigenvalue weighted by Gasteiger charge is -2.22. The lowest BCUT2D eigenvalue weighted by atomic mass is 9.88. The van der Waals surface area contributed by atoms with Gasteiger partial charge in [-0.05, 0) is 0 Å². The Morgan fingerprint density at radius 3 is 1.75 bits per heavy atom. The van der Waals surface area contributed by atoms with Crippen molar-refractivity contribution in [3.63, 3.8) is 0 Å². The minimum absolute atomic E-state index is 0.865. The van der Waals surface area contributed by atoms with E-state index in [1.54, 1.807) is 0 Å². The molecule has 0 fully saturated rings. The van der Waals surface area contributed by atoms with Gasteiger partial charge in [-0.1, -0.05) is 6.92 Å². The van der Waals surface area contributed by atoms with Crippen molar-refractivity contribution in [2.75, 3.05) is 14.2 Å². The third kappa shape index (κ3) is 3.20. The number of carbonyl (C=O) groups is 3. The summed E-state index contributed by atoms with van der Waals surface area (Å²) in [4.78, 5) is 33.3. The highest BCUT2D eigenvalue weighted by atomic mass is 16.5. The maximum Gasteiger partial charge on any atom is 0.320 e. The van der Waals surface area contributed by atoms with Gasteiger partial charge in [0.15, 0.2) is 5.92 Å². The van der Waals surface area contributed by atoms with Crippen LogP contribution >= 0.6 is 0 Å². The van der Waals surface area contributed by atoms with E-state index in [1.165, 1.54) is 6.92 Å². The molecule has 0 aromatic carbocycles. The quantitative estimate of drug-likeness (QED) is 0.462. The third-order valence-electron chi connectivity index (χ3n) is 2.29. The highest BCUT2D eigenvalue weighted by Gasteiger charge is 2.39. The third-order valence-corrected chi connectivity index (χ3v) is 2.29. The van der Waals surface area contributed by atoms with E-state index in [0.29, 0.717) is 0 Å². The van der Waals surface area contributed by atoms with Gasteiger partial charge in [-0.25, -0.2) is 0 Å². The van der Waals surface area contributed by atoms with E-state index in [2.05, 4.69) is 9.47 Å².